The van der Waals surface area contributed by atoms with Gasteiger partial charge in [0.05, 0.1) is 12.9 Å². The van der Waals surface area contributed by atoms with Crippen LogP contribution in [-0.4, -0.2) is 39.1 Å². The van der Waals surface area contributed by atoms with Gasteiger partial charge in [0, 0.05) is 5.54 Å². The molecule has 0 amide bonds. The highest BCUT2D eigenvalue weighted by Crippen LogP contribution is 2.26. The topological polar surface area (TPSA) is 55.4 Å². The predicted octanol–water partition coefficient (Wildman–Crippen LogP) is 3.09. The molecule has 0 aliphatic heterocycles. The number of sulfonamides is 1. The number of hydrogen-bond donors (Lipinski definition) is 1. The van der Waals surface area contributed by atoms with Crippen LogP contribution in [0.1, 0.15) is 47.0 Å². The lowest BCUT2D eigenvalue weighted by atomic mass is 9.89. The van der Waals surface area contributed by atoms with E-state index in [1.54, 1.807) is 13.8 Å². The van der Waals surface area contributed by atoms with E-state index in [0.717, 1.165) is 19.6 Å². The highest BCUT2D eigenvalue weighted by Gasteiger charge is 2.37. The Labute approximate surface area is 125 Å². The molecule has 0 radical (unpaired) electrons. The van der Waals surface area contributed by atoms with E-state index in [1.807, 2.05) is 6.92 Å². The fraction of sp³-hybridized carbons (Fsp3) is 1.00. The first kappa shape index (κ1) is 20.7. The molecule has 0 aromatic heterocycles. The normalized spacial score (nSPS) is 16.8. The lowest BCUT2D eigenvalue weighted by Gasteiger charge is -2.30. The summed E-state index contributed by atoms with van der Waals surface area (Å²) in [5.74, 6) is -0.135. The van der Waals surface area contributed by atoms with Crippen molar-refractivity contribution in [2.24, 2.45) is 5.92 Å². The molecule has 21 heavy (non-hydrogen) atoms. The van der Waals surface area contributed by atoms with Crippen molar-refractivity contribution >= 4 is 10.0 Å². The van der Waals surface area contributed by atoms with Gasteiger partial charge in [-0.1, -0.05) is 13.3 Å². The third-order valence-corrected chi connectivity index (χ3v) is 3.92. The summed E-state index contributed by atoms with van der Waals surface area (Å²) in [7, 11) is -3.37. The molecule has 0 aliphatic rings. The van der Waals surface area contributed by atoms with Crippen molar-refractivity contribution in [1.82, 2.24) is 4.72 Å². The van der Waals surface area contributed by atoms with Gasteiger partial charge in [0.1, 0.15) is 0 Å². The van der Waals surface area contributed by atoms with Gasteiger partial charge < -0.3 is 4.74 Å². The van der Waals surface area contributed by atoms with Crippen LogP contribution in [-0.2, 0) is 14.8 Å². The highest BCUT2D eigenvalue weighted by molar-refractivity contribution is 7.88. The van der Waals surface area contributed by atoms with Crippen LogP contribution in [0.3, 0.4) is 0 Å². The Morgan fingerprint density at radius 3 is 2.14 bits per heavy atom. The molecule has 4 nitrogen and oxygen atoms in total. The molecule has 128 valence electrons. The summed E-state index contributed by atoms with van der Waals surface area (Å²) in [4.78, 5) is 0. The second-order valence-electron chi connectivity index (χ2n) is 6.13. The first-order chi connectivity index (χ1) is 9.27. The summed E-state index contributed by atoms with van der Waals surface area (Å²) in [6.07, 6.45) is -3.24. The van der Waals surface area contributed by atoms with Crippen molar-refractivity contribution < 1.29 is 26.3 Å². The minimum Gasteiger partial charge on any atom is -0.369 e. The number of ether oxygens (including phenoxy) is 1. The molecule has 0 rings (SSSR count). The molecule has 0 bridgehead atoms. The quantitative estimate of drug-likeness (QED) is 0.705. The zero-order valence-electron chi connectivity index (χ0n) is 13.3. The number of rotatable bonds is 9. The Morgan fingerprint density at radius 2 is 1.76 bits per heavy atom. The van der Waals surface area contributed by atoms with Crippen LogP contribution in [0.5, 0.6) is 0 Å². The van der Waals surface area contributed by atoms with E-state index in [1.165, 1.54) is 0 Å². The lowest BCUT2D eigenvalue weighted by Crippen LogP contribution is -2.44. The van der Waals surface area contributed by atoms with E-state index < -0.39 is 27.8 Å². The van der Waals surface area contributed by atoms with Gasteiger partial charge in [-0.3, -0.25) is 0 Å². The van der Waals surface area contributed by atoms with Crippen LogP contribution in [0.4, 0.5) is 13.2 Å². The smallest absolute Gasteiger partial charge is 0.369 e. The van der Waals surface area contributed by atoms with Gasteiger partial charge in [-0.05, 0) is 39.5 Å². The van der Waals surface area contributed by atoms with Crippen molar-refractivity contribution in [3.8, 4) is 0 Å². The number of hydrogen-bond acceptors (Lipinski definition) is 3. The third-order valence-electron chi connectivity index (χ3n) is 3.00. The van der Waals surface area contributed by atoms with Crippen LogP contribution in [0, 0.1) is 5.92 Å². The molecule has 0 saturated carbocycles. The van der Waals surface area contributed by atoms with E-state index in [9.17, 15) is 21.6 Å². The third kappa shape index (κ3) is 10.1. The zero-order valence-corrected chi connectivity index (χ0v) is 14.1. The lowest BCUT2D eigenvalue weighted by molar-refractivity contribution is -0.217. The summed E-state index contributed by atoms with van der Waals surface area (Å²) in [6, 6.07) is 0. The minimum atomic E-state index is -4.38. The summed E-state index contributed by atoms with van der Waals surface area (Å²) < 4.78 is 67.3. The molecule has 1 N–H and O–H groups in total. The molecule has 1 unspecified atom stereocenters. The van der Waals surface area contributed by atoms with Gasteiger partial charge in [-0.2, -0.15) is 13.2 Å². The second-order valence-corrected chi connectivity index (χ2v) is 7.88. The van der Waals surface area contributed by atoms with Crippen LogP contribution in [0.2, 0.25) is 0 Å². The molecular formula is C13H26F3NO3S. The Hall–Kier alpha value is -0.340. The largest absolute Gasteiger partial charge is 0.414 e. The van der Waals surface area contributed by atoms with Crippen LogP contribution in [0.15, 0.2) is 0 Å². The van der Waals surface area contributed by atoms with Crippen molar-refractivity contribution in [2.75, 3.05) is 12.9 Å². The van der Waals surface area contributed by atoms with E-state index in [-0.39, 0.29) is 12.5 Å². The number of nitrogens with one attached hydrogen (secondary N) is 1. The standard InChI is InChI=1S/C13H26F3NO3S/c1-6-7-11(9-20-10(2)13(14,15)16)8-12(3,4)17-21(5,18)19/h10-11,17H,6-9H2,1-5H3/t10-,11?/m1/s1. The van der Waals surface area contributed by atoms with Crippen molar-refractivity contribution in [1.29, 1.82) is 0 Å². The summed E-state index contributed by atoms with van der Waals surface area (Å²) in [6.45, 7) is 6.29. The molecule has 0 spiro atoms. The Morgan fingerprint density at radius 1 is 1.24 bits per heavy atom. The van der Waals surface area contributed by atoms with E-state index >= 15 is 0 Å². The summed E-state index contributed by atoms with van der Waals surface area (Å²) in [5.41, 5.74) is -0.724. The molecule has 0 aliphatic carbocycles. The highest BCUT2D eigenvalue weighted by atomic mass is 32.2. The maximum absolute atomic E-state index is 12.4. The van der Waals surface area contributed by atoms with Gasteiger partial charge in [-0.25, -0.2) is 13.1 Å². The van der Waals surface area contributed by atoms with Crippen LogP contribution in [0.25, 0.3) is 0 Å². The zero-order chi connectivity index (χ0) is 16.9. The molecule has 2 atom stereocenters. The predicted molar refractivity (Wildman–Crippen MR) is 76.5 cm³/mol. The molecule has 0 aromatic carbocycles. The van der Waals surface area contributed by atoms with E-state index in [0.29, 0.717) is 12.8 Å². The first-order valence-electron chi connectivity index (χ1n) is 6.94. The number of halogens is 3. The van der Waals surface area contributed by atoms with E-state index in [2.05, 4.69) is 4.72 Å². The van der Waals surface area contributed by atoms with Gasteiger partial charge in [0.15, 0.2) is 6.10 Å². The monoisotopic (exact) mass is 333 g/mol. The first-order valence-corrected chi connectivity index (χ1v) is 8.83. The molecule has 0 heterocycles. The Balaban J connectivity index is 4.62. The second kappa shape index (κ2) is 7.78. The maximum Gasteiger partial charge on any atom is 0.414 e. The maximum atomic E-state index is 12.4. The van der Waals surface area contributed by atoms with Gasteiger partial charge >= 0.3 is 6.18 Å². The minimum absolute atomic E-state index is 0.0383. The van der Waals surface area contributed by atoms with Crippen LogP contribution >= 0.6 is 0 Å². The molecule has 8 heteroatoms. The van der Waals surface area contributed by atoms with E-state index in [4.69, 9.17) is 4.74 Å². The van der Waals surface area contributed by atoms with Gasteiger partial charge in [0.25, 0.3) is 0 Å². The van der Waals surface area contributed by atoms with Gasteiger partial charge in [0.2, 0.25) is 10.0 Å². The molecule has 0 fully saturated rings. The van der Waals surface area contributed by atoms with Crippen molar-refractivity contribution in [3.63, 3.8) is 0 Å². The molecular weight excluding hydrogens is 307 g/mol. The number of alkyl halides is 3. The fourth-order valence-corrected chi connectivity index (χ4v) is 3.38. The molecule has 0 aromatic rings. The van der Waals surface area contributed by atoms with Gasteiger partial charge in [-0.15, -0.1) is 0 Å². The average molecular weight is 333 g/mol. The summed E-state index contributed by atoms with van der Waals surface area (Å²) in [5, 5.41) is 0. The Kier molecular flexibility index (Phi) is 7.66. The molecule has 0 saturated heterocycles. The van der Waals surface area contributed by atoms with Crippen molar-refractivity contribution in [3.05, 3.63) is 0 Å². The SMILES string of the molecule is CCCC(CO[C@H](C)C(F)(F)F)CC(C)(C)NS(C)(=O)=O. The average Bonchev–Trinajstić information content (AvgIpc) is 2.20. The summed E-state index contributed by atoms with van der Waals surface area (Å²) >= 11 is 0. The van der Waals surface area contributed by atoms with Crippen LogP contribution < -0.4 is 4.72 Å². The van der Waals surface area contributed by atoms with Crippen molar-refractivity contribution in [2.45, 2.75) is 64.8 Å². The Bertz CT molecular complexity index is 407. The fourth-order valence-electron chi connectivity index (χ4n) is 2.29.